The molecular weight excluding hydrogens is 451 g/mol. The lowest BCUT2D eigenvalue weighted by atomic mass is 9.98. The second-order valence-electron chi connectivity index (χ2n) is 8.08. The summed E-state index contributed by atoms with van der Waals surface area (Å²) in [6.45, 7) is 4.58. The predicted molar refractivity (Wildman–Crippen MR) is 124 cm³/mol. The molecule has 1 aromatic heterocycles. The maximum atomic E-state index is 13.5. The first-order chi connectivity index (χ1) is 15.5. The Morgan fingerprint density at radius 2 is 1.75 bits per heavy atom. The van der Waals surface area contributed by atoms with Crippen LogP contribution in [0, 0.1) is 0 Å². The van der Waals surface area contributed by atoms with Gasteiger partial charge in [0.15, 0.2) is 5.43 Å². The van der Waals surface area contributed by atoms with E-state index in [-0.39, 0.29) is 17.1 Å². The average molecular weight is 473 g/mol. The fraction of sp³-hybridized carbons (Fsp3) is 0.333. The molecule has 1 fully saturated rings. The molecule has 2 aromatic carbocycles. The maximum absolute atomic E-state index is 13.5. The molecular formula is C24H22Cl2N2O4. The molecule has 2 aliphatic heterocycles. The average Bonchev–Trinajstić information content (AvgIpc) is 3.07. The Bertz CT molecular complexity index is 1240. The van der Waals surface area contributed by atoms with Gasteiger partial charge < -0.3 is 14.1 Å². The van der Waals surface area contributed by atoms with Gasteiger partial charge in [0.1, 0.15) is 5.58 Å². The number of amides is 1. The van der Waals surface area contributed by atoms with Gasteiger partial charge in [-0.2, -0.15) is 0 Å². The van der Waals surface area contributed by atoms with Crippen molar-refractivity contribution >= 4 is 40.1 Å². The van der Waals surface area contributed by atoms with Crippen LogP contribution in [0.15, 0.2) is 51.7 Å². The summed E-state index contributed by atoms with van der Waals surface area (Å²) < 4.78 is 11.4. The van der Waals surface area contributed by atoms with Crippen molar-refractivity contribution in [2.24, 2.45) is 0 Å². The van der Waals surface area contributed by atoms with E-state index >= 15 is 0 Å². The van der Waals surface area contributed by atoms with Crippen LogP contribution in [0.1, 0.15) is 34.1 Å². The third kappa shape index (κ3) is 3.92. The minimum absolute atomic E-state index is 0.0983. The number of carbonyl (C=O) groups is 1. The molecule has 0 bridgehead atoms. The number of hydrogen-bond donors (Lipinski definition) is 0. The molecule has 2 aliphatic rings. The number of nitrogens with zero attached hydrogens (tertiary/aromatic N) is 2. The third-order valence-electron chi connectivity index (χ3n) is 6.07. The van der Waals surface area contributed by atoms with Gasteiger partial charge in [0.25, 0.3) is 5.91 Å². The highest BCUT2D eigenvalue weighted by Crippen LogP contribution is 2.39. The summed E-state index contributed by atoms with van der Waals surface area (Å²) in [5.74, 6) is -0.179. The van der Waals surface area contributed by atoms with Crippen molar-refractivity contribution in [1.82, 2.24) is 9.80 Å². The summed E-state index contributed by atoms with van der Waals surface area (Å²) in [6, 6.07) is 11.6. The molecule has 0 aliphatic carbocycles. The quantitative estimate of drug-likeness (QED) is 0.551. The van der Waals surface area contributed by atoms with E-state index < -0.39 is 6.04 Å². The fourth-order valence-corrected chi connectivity index (χ4v) is 4.91. The summed E-state index contributed by atoms with van der Waals surface area (Å²) in [5, 5.41) is 1.35. The van der Waals surface area contributed by atoms with Gasteiger partial charge in [-0.05, 0) is 42.3 Å². The van der Waals surface area contributed by atoms with Gasteiger partial charge in [0, 0.05) is 36.2 Å². The van der Waals surface area contributed by atoms with Crippen LogP contribution >= 0.6 is 23.2 Å². The van der Waals surface area contributed by atoms with E-state index in [1.165, 1.54) is 0 Å². The molecule has 0 radical (unpaired) electrons. The number of hydrogen-bond acceptors (Lipinski definition) is 5. The van der Waals surface area contributed by atoms with E-state index in [1.807, 2.05) is 12.1 Å². The largest absolute Gasteiger partial charge is 0.450 e. The molecule has 1 unspecified atom stereocenters. The summed E-state index contributed by atoms with van der Waals surface area (Å²) in [7, 11) is 0. The van der Waals surface area contributed by atoms with Crippen molar-refractivity contribution in [2.75, 3.05) is 39.4 Å². The van der Waals surface area contributed by atoms with Crippen LogP contribution in [0.4, 0.5) is 0 Å². The number of carbonyl (C=O) groups excluding carboxylic acids is 1. The maximum Gasteiger partial charge on any atom is 0.290 e. The molecule has 1 atom stereocenters. The van der Waals surface area contributed by atoms with Crippen molar-refractivity contribution in [2.45, 2.75) is 12.5 Å². The van der Waals surface area contributed by atoms with Gasteiger partial charge in [0.05, 0.1) is 30.2 Å². The molecule has 6 nitrogen and oxygen atoms in total. The van der Waals surface area contributed by atoms with E-state index in [2.05, 4.69) is 4.90 Å². The number of benzene rings is 2. The minimum Gasteiger partial charge on any atom is -0.450 e. The van der Waals surface area contributed by atoms with Crippen LogP contribution in [0.25, 0.3) is 11.0 Å². The second-order valence-corrected chi connectivity index (χ2v) is 8.95. The van der Waals surface area contributed by atoms with Gasteiger partial charge in [-0.3, -0.25) is 14.5 Å². The van der Waals surface area contributed by atoms with E-state index in [9.17, 15) is 9.59 Å². The molecule has 3 aromatic rings. The predicted octanol–water partition coefficient (Wildman–Crippen LogP) is 4.37. The Balaban J connectivity index is 1.54. The van der Waals surface area contributed by atoms with Crippen molar-refractivity contribution in [3.8, 4) is 0 Å². The first-order valence-electron chi connectivity index (χ1n) is 10.7. The number of rotatable bonds is 5. The number of morpholine rings is 1. The SMILES string of the molecule is O=C1c2oc3ccc(Cl)cc3c(=O)c2C(c2cccc(Cl)c2)N1CCCN1CCOCC1. The highest BCUT2D eigenvalue weighted by molar-refractivity contribution is 6.31. The fourth-order valence-electron chi connectivity index (χ4n) is 4.54. The highest BCUT2D eigenvalue weighted by atomic mass is 35.5. The Labute approximate surface area is 195 Å². The molecule has 0 saturated carbocycles. The monoisotopic (exact) mass is 472 g/mol. The summed E-state index contributed by atoms with van der Waals surface area (Å²) in [5.41, 5.74) is 1.24. The van der Waals surface area contributed by atoms with Gasteiger partial charge in [-0.25, -0.2) is 0 Å². The van der Waals surface area contributed by atoms with Crippen LogP contribution in [0.2, 0.25) is 10.0 Å². The third-order valence-corrected chi connectivity index (χ3v) is 6.54. The van der Waals surface area contributed by atoms with E-state index in [0.717, 1.165) is 44.8 Å². The zero-order chi connectivity index (χ0) is 22.2. The molecule has 1 amide bonds. The Kier molecular flexibility index (Phi) is 5.95. The first kappa shape index (κ1) is 21.5. The van der Waals surface area contributed by atoms with E-state index in [4.69, 9.17) is 32.4 Å². The molecule has 5 rings (SSSR count). The van der Waals surface area contributed by atoms with Gasteiger partial charge in [-0.15, -0.1) is 0 Å². The van der Waals surface area contributed by atoms with Crippen molar-refractivity contribution < 1.29 is 13.9 Å². The van der Waals surface area contributed by atoms with Crippen molar-refractivity contribution in [1.29, 1.82) is 0 Å². The standard InChI is InChI=1S/C24H22Cl2N2O4/c25-16-4-1-3-15(13-16)21-20-22(29)18-14-17(26)5-6-19(18)32-23(20)24(30)28(21)8-2-7-27-9-11-31-12-10-27/h1,3-6,13-14,21H,2,7-12H2. The normalized spacial score (nSPS) is 19.0. The van der Waals surface area contributed by atoms with Crippen molar-refractivity contribution in [3.63, 3.8) is 0 Å². The summed E-state index contributed by atoms with van der Waals surface area (Å²) >= 11 is 12.4. The van der Waals surface area contributed by atoms with E-state index in [1.54, 1.807) is 35.2 Å². The smallest absolute Gasteiger partial charge is 0.290 e. The zero-order valence-electron chi connectivity index (χ0n) is 17.4. The Morgan fingerprint density at radius 3 is 2.53 bits per heavy atom. The van der Waals surface area contributed by atoms with Gasteiger partial charge >= 0.3 is 0 Å². The van der Waals surface area contributed by atoms with Crippen molar-refractivity contribution in [3.05, 3.63) is 79.6 Å². The van der Waals surface area contributed by atoms with Crippen LogP contribution in [-0.4, -0.2) is 55.1 Å². The lowest BCUT2D eigenvalue weighted by Crippen LogP contribution is -2.38. The first-order valence-corrected chi connectivity index (χ1v) is 11.4. The lowest BCUT2D eigenvalue weighted by Gasteiger charge is -2.29. The highest BCUT2D eigenvalue weighted by Gasteiger charge is 2.42. The number of halogens is 2. The molecule has 3 heterocycles. The van der Waals surface area contributed by atoms with E-state index in [0.29, 0.717) is 33.1 Å². The van der Waals surface area contributed by atoms with Crippen LogP contribution < -0.4 is 5.43 Å². The van der Waals surface area contributed by atoms with Crippen LogP contribution in [-0.2, 0) is 4.74 Å². The topological polar surface area (TPSA) is 63.0 Å². The number of fused-ring (bicyclic) bond motifs is 2. The van der Waals surface area contributed by atoms with Gasteiger partial charge in [0.2, 0.25) is 5.76 Å². The molecule has 8 heteroatoms. The lowest BCUT2D eigenvalue weighted by molar-refractivity contribution is 0.0353. The molecule has 1 saturated heterocycles. The zero-order valence-corrected chi connectivity index (χ0v) is 18.9. The summed E-state index contributed by atoms with van der Waals surface area (Å²) in [6.07, 6.45) is 0.774. The molecule has 166 valence electrons. The van der Waals surface area contributed by atoms with Crippen LogP contribution in [0.3, 0.4) is 0 Å². The molecule has 0 N–H and O–H groups in total. The Morgan fingerprint density at radius 1 is 0.969 bits per heavy atom. The van der Waals surface area contributed by atoms with Crippen LogP contribution in [0.5, 0.6) is 0 Å². The minimum atomic E-state index is -0.555. The van der Waals surface area contributed by atoms with Gasteiger partial charge in [-0.1, -0.05) is 35.3 Å². The Hall–Kier alpha value is -2.38. The number of ether oxygens (including phenoxy) is 1. The molecule has 0 spiro atoms. The second kappa shape index (κ2) is 8.87. The summed E-state index contributed by atoms with van der Waals surface area (Å²) in [4.78, 5) is 31.0. The molecule has 32 heavy (non-hydrogen) atoms.